The van der Waals surface area contributed by atoms with Gasteiger partial charge in [-0.1, -0.05) is 0 Å². The van der Waals surface area contributed by atoms with Gasteiger partial charge in [0.1, 0.15) is 5.75 Å². The maximum absolute atomic E-state index is 5.79. The Labute approximate surface area is 94.7 Å². The Kier molecular flexibility index (Phi) is 2.81. The lowest BCUT2D eigenvalue weighted by atomic mass is 10.3. The molecule has 1 aromatic heterocycles. The quantitative estimate of drug-likeness (QED) is 0.857. The molecule has 2 N–H and O–H groups in total. The number of rotatable bonds is 3. The molecule has 1 heterocycles. The summed E-state index contributed by atoms with van der Waals surface area (Å²) in [7, 11) is 0. The Balaban J connectivity index is 2.31. The number of nitrogens with two attached hydrogens (primary N) is 1. The predicted octanol–water partition coefficient (Wildman–Crippen LogP) is 2.16. The van der Waals surface area contributed by atoms with Crippen molar-refractivity contribution < 1.29 is 4.74 Å². The third kappa shape index (κ3) is 2.00. The second-order valence-corrected chi connectivity index (χ2v) is 3.54. The molecule has 2 rings (SSSR count). The summed E-state index contributed by atoms with van der Waals surface area (Å²) in [6.45, 7) is 4.55. The Bertz CT molecular complexity index is 474. The van der Waals surface area contributed by atoms with E-state index in [9.17, 15) is 0 Å². The van der Waals surface area contributed by atoms with Gasteiger partial charge >= 0.3 is 0 Å². The van der Waals surface area contributed by atoms with Crippen molar-refractivity contribution >= 4 is 5.95 Å². The topological polar surface area (TPSA) is 53.1 Å². The number of hydrogen-bond acceptors (Lipinski definition) is 3. The third-order valence-electron chi connectivity index (χ3n) is 2.28. The average molecular weight is 217 g/mol. The van der Waals surface area contributed by atoms with Crippen molar-refractivity contribution in [1.82, 2.24) is 9.55 Å². The van der Waals surface area contributed by atoms with Crippen molar-refractivity contribution in [1.29, 1.82) is 0 Å². The van der Waals surface area contributed by atoms with Crippen LogP contribution in [0.1, 0.15) is 12.6 Å². The number of aryl methyl sites for hydroxylation is 1. The SMILES string of the molecule is CCOc1ccc(-n2cc(C)nc2N)cc1. The lowest BCUT2D eigenvalue weighted by Gasteiger charge is -2.06. The van der Waals surface area contributed by atoms with Crippen LogP contribution in [-0.4, -0.2) is 16.2 Å². The molecular formula is C12H15N3O. The van der Waals surface area contributed by atoms with Gasteiger partial charge in [-0.25, -0.2) is 4.98 Å². The van der Waals surface area contributed by atoms with Crippen LogP contribution in [0.3, 0.4) is 0 Å². The molecule has 16 heavy (non-hydrogen) atoms. The van der Waals surface area contributed by atoms with Gasteiger partial charge in [-0.15, -0.1) is 0 Å². The van der Waals surface area contributed by atoms with E-state index in [-0.39, 0.29) is 0 Å². The fourth-order valence-corrected chi connectivity index (χ4v) is 1.59. The molecule has 0 unspecified atom stereocenters. The minimum atomic E-state index is 0.502. The summed E-state index contributed by atoms with van der Waals surface area (Å²) < 4.78 is 7.23. The summed E-state index contributed by atoms with van der Waals surface area (Å²) in [6.07, 6.45) is 1.91. The van der Waals surface area contributed by atoms with E-state index in [4.69, 9.17) is 10.5 Å². The second kappa shape index (κ2) is 4.26. The molecule has 0 bridgehead atoms. The van der Waals surface area contributed by atoms with Crippen LogP contribution in [0.15, 0.2) is 30.5 Å². The molecule has 0 aliphatic carbocycles. The molecular weight excluding hydrogens is 202 g/mol. The first-order chi connectivity index (χ1) is 7.70. The molecule has 0 saturated carbocycles. The number of anilines is 1. The lowest BCUT2D eigenvalue weighted by molar-refractivity contribution is 0.340. The molecule has 0 aliphatic rings. The highest BCUT2D eigenvalue weighted by Gasteiger charge is 2.03. The summed E-state index contributed by atoms with van der Waals surface area (Å²) in [5, 5.41) is 0. The molecule has 0 aliphatic heterocycles. The number of nitrogen functional groups attached to an aromatic ring is 1. The zero-order chi connectivity index (χ0) is 11.5. The lowest BCUT2D eigenvalue weighted by Crippen LogP contribution is -1.99. The van der Waals surface area contributed by atoms with E-state index in [0.29, 0.717) is 12.6 Å². The number of ether oxygens (including phenoxy) is 1. The number of benzene rings is 1. The van der Waals surface area contributed by atoms with Gasteiger partial charge in [0, 0.05) is 11.9 Å². The summed E-state index contributed by atoms with van der Waals surface area (Å²) in [5.74, 6) is 1.36. The Hall–Kier alpha value is -1.97. The molecule has 4 heteroatoms. The van der Waals surface area contributed by atoms with Crippen molar-refractivity contribution in [3.8, 4) is 11.4 Å². The number of hydrogen-bond donors (Lipinski definition) is 1. The summed E-state index contributed by atoms with van der Waals surface area (Å²) in [4.78, 5) is 4.16. The van der Waals surface area contributed by atoms with Gasteiger partial charge in [0.25, 0.3) is 0 Å². The summed E-state index contributed by atoms with van der Waals surface area (Å²) in [6, 6.07) is 7.77. The summed E-state index contributed by atoms with van der Waals surface area (Å²) >= 11 is 0. The average Bonchev–Trinajstić information content (AvgIpc) is 2.59. The zero-order valence-corrected chi connectivity index (χ0v) is 9.47. The normalized spacial score (nSPS) is 10.4. The smallest absolute Gasteiger partial charge is 0.205 e. The van der Waals surface area contributed by atoms with Crippen LogP contribution in [0, 0.1) is 6.92 Å². The van der Waals surface area contributed by atoms with Crippen LogP contribution >= 0.6 is 0 Å². The monoisotopic (exact) mass is 217 g/mol. The van der Waals surface area contributed by atoms with Crippen molar-refractivity contribution in [2.75, 3.05) is 12.3 Å². The molecule has 0 atom stereocenters. The molecule has 0 fully saturated rings. The Morgan fingerprint density at radius 2 is 2.00 bits per heavy atom. The fourth-order valence-electron chi connectivity index (χ4n) is 1.59. The van der Waals surface area contributed by atoms with E-state index in [0.717, 1.165) is 17.1 Å². The largest absolute Gasteiger partial charge is 0.494 e. The van der Waals surface area contributed by atoms with Crippen LogP contribution in [0.4, 0.5) is 5.95 Å². The van der Waals surface area contributed by atoms with Gasteiger partial charge < -0.3 is 10.5 Å². The van der Waals surface area contributed by atoms with Crippen LogP contribution in [-0.2, 0) is 0 Å². The number of nitrogens with zero attached hydrogens (tertiary/aromatic N) is 2. The van der Waals surface area contributed by atoms with E-state index in [1.807, 2.05) is 48.9 Å². The minimum absolute atomic E-state index is 0.502. The van der Waals surface area contributed by atoms with Gasteiger partial charge in [-0.05, 0) is 38.1 Å². The van der Waals surface area contributed by atoms with Crippen LogP contribution in [0.2, 0.25) is 0 Å². The molecule has 0 radical (unpaired) electrons. The Morgan fingerprint density at radius 1 is 1.31 bits per heavy atom. The van der Waals surface area contributed by atoms with E-state index in [1.54, 1.807) is 0 Å². The van der Waals surface area contributed by atoms with E-state index in [1.165, 1.54) is 0 Å². The van der Waals surface area contributed by atoms with Crippen molar-refractivity contribution in [2.45, 2.75) is 13.8 Å². The van der Waals surface area contributed by atoms with Gasteiger partial charge in [-0.3, -0.25) is 4.57 Å². The number of aromatic nitrogens is 2. The van der Waals surface area contributed by atoms with Crippen molar-refractivity contribution in [3.05, 3.63) is 36.2 Å². The van der Waals surface area contributed by atoms with Crippen LogP contribution in [0.25, 0.3) is 5.69 Å². The molecule has 0 amide bonds. The maximum atomic E-state index is 5.79. The first-order valence-corrected chi connectivity index (χ1v) is 5.25. The van der Waals surface area contributed by atoms with Crippen LogP contribution < -0.4 is 10.5 Å². The third-order valence-corrected chi connectivity index (χ3v) is 2.28. The van der Waals surface area contributed by atoms with Crippen molar-refractivity contribution in [2.24, 2.45) is 0 Å². The second-order valence-electron chi connectivity index (χ2n) is 3.54. The van der Waals surface area contributed by atoms with Gasteiger partial charge in [0.2, 0.25) is 5.95 Å². The molecule has 0 saturated heterocycles. The zero-order valence-electron chi connectivity index (χ0n) is 9.47. The van der Waals surface area contributed by atoms with Crippen molar-refractivity contribution in [3.63, 3.8) is 0 Å². The first kappa shape index (κ1) is 10.5. The maximum Gasteiger partial charge on any atom is 0.205 e. The fraction of sp³-hybridized carbons (Fsp3) is 0.250. The molecule has 2 aromatic rings. The van der Waals surface area contributed by atoms with Crippen LogP contribution in [0.5, 0.6) is 5.75 Å². The predicted molar refractivity (Wildman–Crippen MR) is 63.9 cm³/mol. The highest BCUT2D eigenvalue weighted by molar-refractivity contribution is 5.43. The van der Waals surface area contributed by atoms with Gasteiger partial charge in [0.05, 0.1) is 12.3 Å². The first-order valence-electron chi connectivity index (χ1n) is 5.25. The standard InChI is InChI=1S/C12H15N3O/c1-3-16-11-6-4-10(5-7-11)15-8-9(2)14-12(15)13/h4-8H,3H2,1-2H3,(H2,13,14). The van der Waals surface area contributed by atoms with Gasteiger partial charge in [0.15, 0.2) is 0 Å². The minimum Gasteiger partial charge on any atom is -0.494 e. The molecule has 84 valence electrons. The molecule has 0 spiro atoms. The highest BCUT2D eigenvalue weighted by atomic mass is 16.5. The van der Waals surface area contributed by atoms with E-state index in [2.05, 4.69) is 4.98 Å². The highest BCUT2D eigenvalue weighted by Crippen LogP contribution is 2.18. The number of imidazole rings is 1. The molecule has 1 aromatic carbocycles. The Morgan fingerprint density at radius 3 is 2.50 bits per heavy atom. The van der Waals surface area contributed by atoms with Gasteiger partial charge in [-0.2, -0.15) is 0 Å². The molecule has 4 nitrogen and oxygen atoms in total. The van der Waals surface area contributed by atoms with E-state index >= 15 is 0 Å². The summed E-state index contributed by atoms with van der Waals surface area (Å²) in [5.41, 5.74) is 7.69. The van der Waals surface area contributed by atoms with E-state index < -0.39 is 0 Å².